The highest BCUT2D eigenvalue weighted by molar-refractivity contribution is 7.13. The molecule has 1 N–H and O–H groups in total. The van der Waals surface area contributed by atoms with Gasteiger partial charge in [-0.25, -0.2) is 4.98 Å². The van der Waals surface area contributed by atoms with Crippen LogP contribution in [0.25, 0.3) is 0 Å². The Morgan fingerprint density at radius 3 is 2.84 bits per heavy atom. The topological polar surface area (TPSA) is 106 Å². The summed E-state index contributed by atoms with van der Waals surface area (Å²) in [5.74, 6) is -0.00733. The standard InChI is InChI=1S/C15H13N5O3S2/c1-9-13(24-7-16-9)2-3-23-12-5-10(4-11(6-12)20-22)14(21)18-15-19-17-8-25-15/h4-8H,2-3H2,1H3,(H,18,19,21). The maximum Gasteiger partial charge on any atom is 0.257 e. The molecule has 0 fully saturated rings. The number of benzene rings is 1. The first kappa shape index (κ1) is 17.1. The minimum Gasteiger partial charge on any atom is -0.493 e. The lowest BCUT2D eigenvalue weighted by molar-refractivity contribution is 0.102. The van der Waals surface area contributed by atoms with E-state index < -0.39 is 5.91 Å². The summed E-state index contributed by atoms with van der Waals surface area (Å²) in [6.45, 7) is 2.35. The molecular formula is C15H13N5O3S2. The Morgan fingerprint density at radius 1 is 1.28 bits per heavy atom. The Labute approximate surface area is 150 Å². The second-order valence-corrected chi connectivity index (χ2v) is 6.74. The quantitative estimate of drug-likeness (QED) is 0.633. The van der Waals surface area contributed by atoms with Crippen LogP contribution in [0.1, 0.15) is 20.9 Å². The molecule has 2 heterocycles. The molecule has 0 unspecified atom stereocenters. The maximum absolute atomic E-state index is 12.3. The Morgan fingerprint density at radius 2 is 2.16 bits per heavy atom. The largest absolute Gasteiger partial charge is 0.493 e. The molecule has 2 aromatic heterocycles. The van der Waals surface area contributed by atoms with Crippen LogP contribution in [0.4, 0.5) is 10.8 Å². The monoisotopic (exact) mass is 375 g/mol. The van der Waals surface area contributed by atoms with Gasteiger partial charge in [-0.1, -0.05) is 11.3 Å². The van der Waals surface area contributed by atoms with Crippen molar-refractivity contribution in [3.05, 3.63) is 50.3 Å². The number of hydrogen-bond donors (Lipinski definition) is 1. The number of anilines is 1. The molecule has 0 saturated heterocycles. The molecule has 128 valence electrons. The molecule has 0 aliphatic heterocycles. The number of aryl methyl sites for hydroxylation is 1. The van der Waals surface area contributed by atoms with E-state index in [-0.39, 0.29) is 11.3 Å². The fourth-order valence-electron chi connectivity index (χ4n) is 2.08. The molecule has 25 heavy (non-hydrogen) atoms. The molecule has 1 aromatic carbocycles. The van der Waals surface area contributed by atoms with Crippen molar-refractivity contribution in [1.29, 1.82) is 0 Å². The maximum atomic E-state index is 12.3. The van der Waals surface area contributed by atoms with Gasteiger partial charge in [0.15, 0.2) is 0 Å². The fourth-order valence-corrected chi connectivity index (χ4v) is 3.28. The number of thiazole rings is 1. The van der Waals surface area contributed by atoms with Crippen LogP contribution in [0.2, 0.25) is 0 Å². The average Bonchev–Trinajstić information content (AvgIpc) is 3.26. The second-order valence-electron chi connectivity index (χ2n) is 4.96. The van der Waals surface area contributed by atoms with Gasteiger partial charge in [0.1, 0.15) is 16.9 Å². The van der Waals surface area contributed by atoms with E-state index in [1.165, 1.54) is 29.0 Å². The van der Waals surface area contributed by atoms with Gasteiger partial charge in [-0.05, 0) is 24.2 Å². The average molecular weight is 375 g/mol. The fraction of sp³-hybridized carbons (Fsp3) is 0.200. The van der Waals surface area contributed by atoms with Gasteiger partial charge in [0.25, 0.3) is 5.91 Å². The molecule has 1 amide bonds. The number of rotatable bonds is 7. The van der Waals surface area contributed by atoms with Gasteiger partial charge < -0.3 is 4.74 Å². The molecule has 3 rings (SSSR count). The number of aromatic nitrogens is 3. The van der Waals surface area contributed by atoms with Gasteiger partial charge in [-0.3, -0.25) is 10.1 Å². The van der Waals surface area contributed by atoms with Crippen LogP contribution in [0.3, 0.4) is 0 Å². The van der Waals surface area contributed by atoms with Crippen LogP contribution in [0, 0.1) is 11.8 Å². The van der Waals surface area contributed by atoms with Gasteiger partial charge in [0, 0.05) is 22.9 Å². The number of nitroso groups, excluding NO2 is 1. The van der Waals surface area contributed by atoms with Crippen LogP contribution in [-0.2, 0) is 6.42 Å². The summed E-state index contributed by atoms with van der Waals surface area (Å²) in [5.41, 5.74) is 4.66. The summed E-state index contributed by atoms with van der Waals surface area (Å²) in [5, 5.41) is 13.3. The van der Waals surface area contributed by atoms with Crippen LogP contribution in [0.15, 0.2) is 34.4 Å². The molecule has 0 aliphatic carbocycles. The van der Waals surface area contributed by atoms with Gasteiger partial charge >= 0.3 is 0 Å². The third kappa shape index (κ3) is 4.43. The van der Waals surface area contributed by atoms with Crippen molar-refractivity contribution in [2.24, 2.45) is 5.18 Å². The predicted octanol–water partition coefficient (Wildman–Crippen LogP) is 3.57. The zero-order valence-corrected chi connectivity index (χ0v) is 14.8. The van der Waals surface area contributed by atoms with E-state index in [2.05, 4.69) is 25.7 Å². The van der Waals surface area contributed by atoms with E-state index in [0.29, 0.717) is 23.9 Å². The van der Waals surface area contributed by atoms with Crippen LogP contribution >= 0.6 is 22.7 Å². The van der Waals surface area contributed by atoms with E-state index in [1.807, 2.05) is 6.92 Å². The second kappa shape index (κ2) is 7.90. The van der Waals surface area contributed by atoms with Crippen molar-refractivity contribution in [1.82, 2.24) is 15.2 Å². The Bertz CT molecular complexity index is 879. The molecule has 3 aromatic rings. The lowest BCUT2D eigenvalue weighted by Gasteiger charge is -2.08. The molecular weight excluding hydrogens is 362 g/mol. The number of carbonyl (C=O) groups is 1. The molecule has 0 atom stereocenters. The van der Waals surface area contributed by atoms with E-state index >= 15 is 0 Å². The van der Waals surface area contributed by atoms with Crippen molar-refractivity contribution >= 4 is 39.4 Å². The van der Waals surface area contributed by atoms with Gasteiger partial charge in [0.05, 0.1) is 17.8 Å². The summed E-state index contributed by atoms with van der Waals surface area (Å²) < 4.78 is 5.68. The third-order valence-corrected chi connectivity index (χ3v) is 4.88. The van der Waals surface area contributed by atoms with Crippen LogP contribution in [-0.4, -0.2) is 27.7 Å². The minimum absolute atomic E-state index is 0.119. The van der Waals surface area contributed by atoms with Crippen molar-refractivity contribution in [2.75, 3.05) is 11.9 Å². The van der Waals surface area contributed by atoms with E-state index in [9.17, 15) is 9.70 Å². The first-order valence-electron chi connectivity index (χ1n) is 7.23. The van der Waals surface area contributed by atoms with Gasteiger partial charge in [0.2, 0.25) is 5.13 Å². The number of nitrogens with one attached hydrogen (secondary N) is 1. The molecule has 0 saturated carbocycles. The molecule has 10 heteroatoms. The van der Waals surface area contributed by atoms with Crippen molar-refractivity contribution in [3.8, 4) is 5.75 Å². The molecule has 8 nitrogen and oxygen atoms in total. The summed E-state index contributed by atoms with van der Waals surface area (Å²) in [6.07, 6.45) is 0.696. The number of ether oxygens (including phenoxy) is 1. The number of nitrogens with zero attached hydrogens (tertiary/aromatic N) is 4. The zero-order chi connectivity index (χ0) is 17.6. The zero-order valence-electron chi connectivity index (χ0n) is 13.1. The van der Waals surface area contributed by atoms with Gasteiger partial charge in [-0.15, -0.1) is 26.4 Å². The Balaban J connectivity index is 1.69. The lowest BCUT2D eigenvalue weighted by atomic mass is 10.1. The Hall–Kier alpha value is -2.72. The van der Waals surface area contributed by atoms with Crippen molar-refractivity contribution in [2.45, 2.75) is 13.3 Å². The number of carbonyl (C=O) groups excluding carboxylic acids is 1. The highest BCUT2D eigenvalue weighted by Gasteiger charge is 2.12. The first-order valence-corrected chi connectivity index (χ1v) is 8.99. The van der Waals surface area contributed by atoms with Gasteiger partial charge in [-0.2, -0.15) is 0 Å². The summed E-state index contributed by atoms with van der Waals surface area (Å²) in [4.78, 5) is 28.5. The van der Waals surface area contributed by atoms with Crippen LogP contribution < -0.4 is 10.1 Å². The summed E-state index contributed by atoms with van der Waals surface area (Å²) in [7, 11) is 0. The van der Waals surface area contributed by atoms with Crippen molar-refractivity contribution in [3.63, 3.8) is 0 Å². The highest BCUT2D eigenvalue weighted by Crippen LogP contribution is 2.24. The molecule has 0 spiro atoms. The highest BCUT2D eigenvalue weighted by atomic mass is 32.1. The first-order chi connectivity index (χ1) is 12.2. The van der Waals surface area contributed by atoms with Crippen LogP contribution in [0.5, 0.6) is 5.75 Å². The molecule has 0 radical (unpaired) electrons. The number of hydrogen-bond acceptors (Lipinski definition) is 9. The molecule has 0 aliphatic rings. The SMILES string of the molecule is Cc1ncsc1CCOc1cc(N=O)cc(C(=O)Nc2nncs2)c1. The van der Waals surface area contributed by atoms with Crippen molar-refractivity contribution < 1.29 is 9.53 Å². The van der Waals surface area contributed by atoms with E-state index in [4.69, 9.17) is 4.74 Å². The summed E-state index contributed by atoms with van der Waals surface area (Å²) >= 11 is 2.77. The summed E-state index contributed by atoms with van der Waals surface area (Å²) in [6, 6.07) is 4.45. The molecule has 0 bridgehead atoms. The normalized spacial score (nSPS) is 10.4. The third-order valence-electron chi connectivity index (χ3n) is 3.28. The lowest BCUT2D eigenvalue weighted by Crippen LogP contribution is -2.12. The minimum atomic E-state index is -0.412. The van der Waals surface area contributed by atoms with E-state index in [1.54, 1.807) is 22.9 Å². The Kier molecular flexibility index (Phi) is 5.41. The van der Waals surface area contributed by atoms with E-state index in [0.717, 1.165) is 10.6 Å². The smallest absolute Gasteiger partial charge is 0.257 e. The predicted molar refractivity (Wildman–Crippen MR) is 95.8 cm³/mol. The number of amides is 1.